The Morgan fingerprint density at radius 1 is 1.24 bits per heavy atom. The van der Waals surface area contributed by atoms with Gasteiger partial charge < -0.3 is 20.1 Å². The summed E-state index contributed by atoms with van der Waals surface area (Å²) in [6.45, 7) is 0.340. The van der Waals surface area contributed by atoms with Crippen LogP contribution in [0.15, 0.2) is 36.4 Å². The molecule has 1 rings (SSSR count). The number of carboxylic acid groups (broad SMARTS) is 2. The van der Waals surface area contributed by atoms with E-state index in [1.807, 2.05) is 0 Å². The van der Waals surface area contributed by atoms with Gasteiger partial charge in [0.15, 0.2) is 0 Å². The van der Waals surface area contributed by atoms with Gasteiger partial charge in [0.2, 0.25) is 0 Å². The van der Waals surface area contributed by atoms with Gasteiger partial charge in [0, 0.05) is 18.7 Å². The number of ether oxygens (including phenoxy) is 1. The van der Waals surface area contributed by atoms with Gasteiger partial charge >= 0.3 is 11.9 Å². The molecular weight excluding hydrogens is 280 g/mol. The normalized spacial score (nSPS) is 11.4. The zero-order valence-corrected chi connectivity index (χ0v) is 11.4. The number of hydrogen-bond acceptors (Lipinski definition) is 6. The predicted octanol–water partition coefficient (Wildman–Crippen LogP) is -0.0963. The summed E-state index contributed by atoms with van der Waals surface area (Å²) in [5.74, 6) is 3.35. The second-order valence-electron chi connectivity index (χ2n) is 3.71. The highest BCUT2D eigenvalue weighted by Crippen LogP contribution is 2.16. The molecule has 0 aliphatic carbocycles. The van der Waals surface area contributed by atoms with Gasteiger partial charge in [-0.3, -0.25) is 11.3 Å². The van der Waals surface area contributed by atoms with Crippen LogP contribution >= 0.6 is 0 Å². The highest BCUT2D eigenvalue weighted by atomic mass is 16.5. The highest BCUT2D eigenvalue weighted by Gasteiger charge is 2.05. The van der Waals surface area contributed by atoms with Crippen molar-refractivity contribution in [3.05, 3.63) is 42.0 Å². The van der Waals surface area contributed by atoms with Crippen LogP contribution in [-0.4, -0.2) is 40.9 Å². The summed E-state index contributed by atoms with van der Waals surface area (Å²) in [5.41, 5.74) is 3.23. The molecule has 0 aromatic heterocycles. The average Bonchev–Trinajstić information content (AvgIpc) is 2.46. The van der Waals surface area contributed by atoms with E-state index in [1.165, 1.54) is 0 Å². The lowest BCUT2D eigenvalue weighted by molar-refractivity contribution is -0.134. The summed E-state index contributed by atoms with van der Waals surface area (Å²) in [7, 11) is 1.60. The maximum atomic E-state index is 9.55. The van der Waals surface area contributed by atoms with Crippen molar-refractivity contribution in [1.82, 2.24) is 5.43 Å². The van der Waals surface area contributed by atoms with E-state index in [0.717, 1.165) is 11.3 Å². The van der Waals surface area contributed by atoms with E-state index >= 15 is 0 Å². The molecule has 6 N–H and O–H groups in total. The van der Waals surface area contributed by atoms with Gasteiger partial charge in [-0.2, -0.15) is 0 Å². The van der Waals surface area contributed by atoms with Gasteiger partial charge in [0.05, 0.1) is 13.2 Å². The number of nitrogens with two attached hydrogens (primary N) is 1. The van der Waals surface area contributed by atoms with E-state index in [4.69, 9.17) is 20.8 Å². The lowest BCUT2D eigenvalue weighted by atomic mass is 10.1. The van der Waals surface area contributed by atoms with Crippen LogP contribution in [0.25, 0.3) is 0 Å². The topological polar surface area (TPSA) is 142 Å². The summed E-state index contributed by atoms with van der Waals surface area (Å²) in [6.07, 6.45) is 0.543. The predicted molar refractivity (Wildman–Crippen MR) is 74.6 cm³/mol. The third kappa shape index (κ3) is 9.16. The maximum absolute atomic E-state index is 9.55. The van der Waals surface area contributed by atoms with Crippen LogP contribution in [0, 0.1) is 0 Å². The first kappa shape index (κ1) is 18.6. The molecule has 8 nitrogen and oxygen atoms in total. The third-order valence-electron chi connectivity index (χ3n) is 2.18. The van der Waals surface area contributed by atoms with Gasteiger partial charge in [-0.1, -0.05) is 12.1 Å². The summed E-state index contributed by atoms with van der Waals surface area (Å²) >= 11 is 0. The molecule has 0 heterocycles. The van der Waals surface area contributed by atoms with Crippen LogP contribution in [0.3, 0.4) is 0 Å². The Kier molecular flexibility index (Phi) is 9.18. The van der Waals surface area contributed by atoms with E-state index in [9.17, 15) is 14.7 Å². The van der Waals surface area contributed by atoms with E-state index in [-0.39, 0.29) is 0 Å². The van der Waals surface area contributed by atoms with E-state index in [1.54, 1.807) is 31.4 Å². The SMILES string of the molecule is COc1ccc(C(O)CNN)cc1.O=C(O)/C=C\C(=O)O. The summed E-state index contributed by atoms with van der Waals surface area (Å²) in [4.78, 5) is 19.1. The van der Waals surface area contributed by atoms with Gasteiger partial charge in [0.25, 0.3) is 0 Å². The monoisotopic (exact) mass is 298 g/mol. The minimum atomic E-state index is -1.26. The van der Waals surface area contributed by atoms with E-state index < -0.39 is 18.0 Å². The summed E-state index contributed by atoms with van der Waals surface area (Å²) in [6, 6.07) is 7.21. The van der Waals surface area contributed by atoms with Crippen LogP contribution in [0.2, 0.25) is 0 Å². The zero-order valence-electron chi connectivity index (χ0n) is 11.4. The molecule has 0 bridgehead atoms. The first-order valence-electron chi connectivity index (χ1n) is 5.80. The second-order valence-corrected chi connectivity index (χ2v) is 3.71. The molecule has 0 saturated heterocycles. The molecule has 0 aliphatic rings. The Balaban J connectivity index is 0.000000433. The van der Waals surface area contributed by atoms with Crippen molar-refractivity contribution in [2.24, 2.45) is 5.84 Å². The molecule has 21 heavy (non-hydrogen) atoms. The molecule has 0 spiro atoms. The molecule has 0 radical (unpaired) electrons. The summed E-state index contributed by atoms with van der Waals surface area (Å²) in [5, 5.41) is 25.1. The van der Waals surface area contributed by atoms with Gasteiger partial charge in [-0.15, -0.1) is 0 Å². The third-order valence-corrected chi connectivity index (χ3v) is 2.18. The number of methoxy groups -OCH3 is 1. The second kappa shape index (κ2) is 10.4. The van der Waals surface area contributed by atoms with Gasteiger partial charge in [0.1, 0.15) is 5.75 Å². The van der Waals surface area contributed by atoms with Crippen molar-refractivity contribution < 1.29 is 29.6 Å². The summed E-state index contributed by atoms with van der Waals surface area (Å²) < 4.78 is 4.99. The molecule has 1 aromatic rings. The Bertz CT molecular complexity index is 456. The molecule has 1 aromatic carbocycles. The number of aliphatic hydroxyl groups is 1. The molecular formula is C13H18N2O6. The average molecular weight is 298 g/mol. The molecule has 1 unspecified atom stereocenters. The van der Waals surface area contributed by atoms with Crippen molar-refractivity contribution >= 4 is 11.9 Å². The Hall–Kier alpha value is -2.42. The molecule has 0 saturated carbocycles. The first-order chi connectivity index (χ1) is 9.90. The van der Waals surface area contributed by atoms with Crippen molar-refractivity contribution in [2.45, 2.75) is 6.10 Å². The number of nitrogens with one attached hydrogen (secondary N) is 1. The van der Waals surface area contributed by atoms with E-state index in [0.29, 0.717) is 18.7 Å². The zero-order chi connectivity index (χ0) is 16.3. The molecule has 0 aliphatic heterocycles. The highest BCUT2D eigenvalue weighted by molar-refractivity contribution is 5.89. The quantitative estimate of drug-likeness (QED) is 0.278. The minimum Gasteiger partial charge on any atom is -0.497 e. The van der Waals surface area contributed by atoms with Gasteiger partial charge in [-0.25, -0.2) is 9.59 Å². The Morgan fingerprint density at radius 3 is 2.05 bits per heavy atom. The molecule has 116 valence electrons. The lowest BCUT2D eigenvalue weighted by Crippen LogP contribution is -2.27. The Labute approximate surface area is 121 Å². The van der Waals surface area contributed by atoms with Crippen molar-refractivity contribution in [3.8, 4) is 5.75 Å². The lowest BCUT2D eigenvalue weighted by Gasteiger charge is -2.10. The molecule has 8 heteroatoms. The number of benzene rings is 1. The molecule has 1 atom stereocenters. The number of carboxylic acids is 2. The van der Waals surface area contributed by atoms with Crippen LogP contribution in [0.5, 0.6) is 5.75 Å². The number of hydrazine groups is 1. The first-order valence-corrected chi connectivity index (χ1v) is 5.80. The maximum Gasteiger partial charge on any atom is 0.328 e. The standard InChI is InChI=1S/C9H14N2O2.C4H4O4/c1-13-8-4-2-7(3-5-8)9(12)6-11-10;5-3(6)1-2-4(7)8/h2-5,9,11-12H,6,10H2,1H3;1-2H,(H,5,6)(H,7,8)/b;2-1-. The molecule has 0 fully saturated rings. The minimum absolute atomic E-state index is 0.340. The van der Waals surface area contributed by atoms with Gasteiger partial charge in [-0.05, 0) is 17.7 Å². The van der Waals surface area contributed by atoms with Crippen molar-refractivity contribution in [3.63, 3.8) is 0 Å². The number of carbonyl (C=O) groups is 2. The fourth-order valence-corrected chi connectivity index (χ4v) is 1.20. The van der Waals surface area contributed by atoms with Crippen LogP contribution < -0.4 is 16.0 Å². The fraction of sp³-hybridized carbons (Fsp3) is 0.231. The Morgan fingerprint density at radius 2 is 1.71 bits per heavy atom. The number of aliphatic carboxylic acids is 2. The van der Waals surface area contributed by atoms with Crippen molar-refractivity contribution in [1.29, 1.82) is 0 Å². The fourth-order valence-electron chi connectivity index (χ4n) is 1.20. The van der Waals surface area contributed by atoms with Crippen molar-refractivity contribution in [2.75, 3.05) is 13.7 Å². The number of aliphatic hydroxyl groups excluding tert-OH is 1. The number of rotatable bonds is 6. The van der Waals surface area contributed by atoms with E-state index in [2.05, 4.69) is 5.43 Å². The largest absolute Gasteiger partial charge is 0.497 e. The van der Waals surface area contributed by atoms with Crippen LogP contribution in [0.1, 0.15) is 11.7 Å². The smallest absolute Gasteiger partial charge is 0.328 e. The molecule has 0 amide bonds. The van der Waals surface area contributed by atoms with Crippen LogP contribution in [-0.2, 0) is 9.59 Å². The van der Waals surface area contributed by atoms with Crippen LogP contribution in [0.4, 0.5) is 0 Å². The number of hydrogen-bond donors (Lipinski definition) is 5.